The predicted octanol–water partition coefficient (Wildman–Crippen LogP) is 3.54. The number of fused-ring (bicyclic) bond motifs is 4. The molecule has 5 rings (SSSR count). The summed E-state index contributed by atoms with van der Waals surface area (Å²) in [5, 5.41) is 1.12. The van der Waals surface area contributed by atoms with Gasteiger partial charge in [-0.25, -0.2) is 0 Å². The Bertz CT molecular complexity index is 1780. The third-order valence-electron chi connectivity index (χ3n) is 5.53. The van der Waals surface area contributed by atoms with E-state index in [-0.39, 0.29) is 21.7 Å². The van der Waals surface area contributed by atoms with Gasteiger partial charge in [0, 0.05) is 16.3 Å². The van der Waals surface area contributed by atoms with Crippen molar-refractivity contribution in [3.63, 3.8) is 0 Å². The van der Waals surface area contributed by atoms with Crippen LogP contribution in [0.4, 0.5) is 0 Å². The summed E-state index contributed by atoms with van der Waals surface area (Å²) in [4.78, 5) is 32.3. The zero-order chi connectivity index (χ0) is 21.4. The van der Waals surface area contributed by atoms with Crippen molar-refractivity contribution in [1.29, 1.82) is 0 Å². The van der Waals surface area contributed by atoms with Crippen LogP contribution in [0.2, 0.25) is 0 Å². The molecule has 0 amide bonds. The lowest BCUT2D eigenvalue weighted by atomic mass is 10.00. The average Bonchev–Trinajstić information content (AvgIpc) is 2.68. The number of H-pyrrole nitrogens is 2. The van der Waals surface area contributed by atoms with E-state index in [0.29, 0.717) is 32.9 Å². The maximum absolute atomic E-state index is 13.3. The molecule has 0 radical (unpaired) electrons. The Morgan fingerprint density at radius 2 is 1.57 bits per heavy atom. The van der Waals surface area contributed by atoms with Crippen molar-refractivity contribution in [3.05, 3.63) is 74.0 Å². The fraction of sp³-hybridized carbons (Fsp3) is 0.0909. The van der Waals surface area contributed by atoms with Crippen LogP contribution in [0.25, 0.3) is 43.6 Å². The van der Waals surface area contributed by atoms with Gasteiger partial charge < -0.3 is 9.97 Å². The first-order valence-corrected chi connectivity index (χ1v) is 10.6. The zero-order valence-electron chi connectivity index (χ0n) is 16.0. The monoisotopic (exact) mass is 420 g/mol. The molecule has 8 heteroatoms. The second kappa shape index (κ2) is 6.01. The molecular formula is C22H16N2O5S. The van der Waals surface area contributed by atoms with Crippen molar-refractivity contribution >= 4 is 53.7 Å². The summed E-state index contributed by atoms with van der Waals surface area (Å²) < 4.78 is 33.2. The summed E-state index contributed by atoms with van der Waals surface area (Å²) in [6.07, 6.45) is 0. The first kappa shape index (κ1) is 18.5. The van der Waals surface area contributed by atoms with Crippen LogP contribution in [-0.2, 0) is 10.1 Å². The number of hydrogen-bond acceptors (Lipinski definition) is 4. The summed E-state index contributed by atoms with van der Waals surface area (Å²) in [6.45, 7) is 3.61. The van der Waals surface area contributed by atoms with E-state index in [0.717, 1.165) is 5.56 Å². The minimum absolute atomic E-state index is 0.117. The Kier molecular flexibility index (Phi) is 3.71. The first-order valence-electron chi connectivity index (χ1n) is 9.19. The average molecular weight is 420 g/mol. The van der Waals surface area contributed by atoms with Crippen molar-refractivity contribution in [2.24, 2.45) is 0 Å². The minimum Gasteiger partial charge on any atom is -0.354 e. The molecule has 0 fully saturated rings. The molecular weight excluding hydrogens is 404 g/mol. The molecule has 150 valence electrons. The number of rotatable bonds is 1. The van der Waals surface area contributed by atoms with E-state index in [9.17, 15) is 22.6 Å². The highest BCUT2D eigenvalue weighted by atomic mass is 32.2. The third-order valence-corrected chi connectivity index (χ3v) is 6.42. The van der Waals surface area contributed by atoms with Crippen molar-refractivity contribution in [3.8, 4) is 0 Å². The van der Waals surface area contributed by atoms with E-state index in [1.54, 1.807) is 19.1 Å². The standard InChI is InChI=1S/C22H16N2O5S/c1-10-6-7-14-12(8-10)21(25)13-9-16-18(11(2)20(13)24-14)22(26)19-15(23-16)4-3-5-17(19)30(27,28)29/h3-9H,1-2H3,(H,23,26)(H,24,25)(H,27,28,29). The van der Waals surface area contributed by atoms with E-state index in [1.807, 2.05) is 25.1 Å². The van der Waals surface area contributed by atoms with Gasteiger partial charge in [-0.2, -0.15) is 8.42 Å². The van der Waals surface area contributed by atoms with Gasteiger partial charge in [-0.1, -0.05) is 17.7 Å². The highest BCUT2D eigenvalue weighted by Crippen LogP contribution is 2.27. The molecule has 0 atom stereocenters. The zero-order valence-corrected chi connectivity index (χ0v) is 16.8. The van der Waals surface area contributed by atoms with E-state index in [4.69, 9.17) is 0 Å². The Morgan fingerprint density at radius 3 is 2.30 bits per heavy atom. The summed E-state index contributed by atoms with van der Waals surface area (Å²) in [7, 11) is -4.59. The largest absolute Gasteiger partial charge is 0.354 e. The van der Waals surface area contributed by atoms with Gasteiger partial charge in [0.1, 0.15) is 4.90 Å². The lowest BCUT2D eigenvalue weighted by Crippen LogP contribution is -2.13. The highest BCUT2D eigenvalue weighted by Gasteiger charge is 2.20. The highest BCUT2D eigenvalue weighted by molar-refractivity contribution is 7.86. The van der Waals surface area contributed by atoms with E-state index < -0.39 is 20.4 Å². The van der Waals surface area contributed by atoms with Gasteiger partial charge in [-0.15, -0.1) is 0 Å². The number of nitrogens with one attached hydrogen (secondary N) is 2. The SMILES string of the molecule is Cc1ccc2[nH]c3c(C)c4c(=O)c5c(S(=O)(=O)O)cccc5[nH]c4cc3c(=O)c2c1. The first-order chi connectivity index (χ1) is 14.2. The maximum atomic E-state index is 13.3. The molecule has 0 aliphatic carbocycles. The van der Waals surface area contributed by atoms with Gasteiger partial charge >= 0.3 is 0 Å². The molecule has 0 aliphatic rings. The van der Waals surface area contributed by atoms with Gasteiger partial charge in [0.25, 0.3) is 10.1 Å². The molecule has 2 aromatic heterocycles. The Morgan fingerprint density at radius 1 is 0.800 bits per heavy atom. The smallest absolute Gasteiger partial charge is 0.295 e. The van der Waals surface area contributed by atoms with Crippen molar-refractivity contribution < 1.29 is 13.0 Å². The molecule has 2 heterocycles. The van der Waals surface area contributed by atoms with Gasteiger partial charge in [-0.05, 0) is 49.7 Å². The van der Waals surface area contributed by atoms with Gasteiger partial charge in [0.2, 0.25) is 0 Å². The molecule has 0 spiro atoms. The number of benzene rings is 3. The summed E-state index contributed by atoms with van der Waals surface area (Å²) >= 11 is 0. The Labute approximate surface area is 169 Å². The quantitative estimate of drug-likeness (QED) is 0.283. The second-order valence-electron chi connectivity index (χ2n) is 7.46. The van der Waals surface area contributed by atoms with Crippen LogP contribution in [0.15, 0.2) is 56.9 Å². The van der Waals surface area contributed by atoms with Crippen molar-refractivity contribution in [1.82, 2.24) is 9.97 Å². The van der Waals surface area contributed by atoms with Gasteiger partial charge in [0.05, 0.1) is 27.3 Å². The topological polar surface area (TPSA) is 120 Å². The fourth-order valence-corrected chi connectivity index (χ4v) is 4.85. The van der Waals surface area contributed by atoms with Crippen LogP contribution >= 0.6 is 0 Å². The molecule has 3 aromatic carbocycles. The van der Waals surface area contributed by atoms with Crippen LogP contribution in [-0.4, -0.2) is 22.9 Å². The maximum Gasteiger partial charge on any atom is 0.295 e. The Balaban J connectivity index is 2.06. The molecule has 0 bridgehead atoms. The van der Waals surface area contributed by atoms with E-state index in [1.165, 1.54) is 12.1 Å². The molecule has 0 saturated carbocycles. The van der Waals surface area contributed by atoms with Crippen molar-refractivity contribution in [2.45, 2.75) is 18.7 Å². The number of aromatic amines is 2. The lowest BCUT2D eigenvalue weighted by Gasteiger charge is -2.11. The fourth-order valence-electron chi connectivity index (χ4n) is 4.14. The molecule has 0 unspecified atom stereocenters. The number of pyridine rings is 2. The summed E-state index contributed by atoms with van der Waals surface area (Å²) in [5.74, 6) is 0. The molecule has 3 N–H and O–H groups in total. The van der Waals surface area contributed by atoms with Crippen LogP contribution in [0.5, 0.6) is 0 Å². The normalized spacial score (nSPS) is 12.4. The number of hydrogen-bond donors (Lipinski definition) is 3. The number of aromatic nitrogens is 2. The predicted molar refractivity (Wildman–Crippen MR) is 117 cm³/mol. The number of aryl methyl sites for hydroxylation is 2. The third kappa shape index (κ3) is 2.51. The van der Waals surface area contributed by atoms with Crippen LogP contribution in [0, 0.1) is 13.8 Å². The lowest BCUT2D eigenvalue weighted by molar-refractivity contribution is 0.484. The van der Waals surface area contributed by atoms with Crippen LogP contribution in [0.3, 0.4) is 0 Å². The van der Waals surface area contributed by atoms with Gasteiger partial charge in [-0.3, -0.25) is 14.1 Å². The van der Waals surface area contributed by atoms with Crippen LogP contribution < -0.4 is 10.9 Å². The minimum atomic E-state index is -4.59. The summed E-state index contributed by atoms with van der Waals surface area (Å²) in [5.41, 5.74) is 2.64. The molecule has 0 saturated heterocycles. The summed E-state index contributed by atoms with van der Waals surface area (Å²) in [6, 6.07) is 11.3. The van der Waals surface area contributed by atoms with Crippen molar-refractivity contribution in [2.75, 3.05) is 0 Å². The molecule has 7 nitrogen and oxygen atoms in total. The van der Waals surface area contributed by atoms with Crippen LogP contribution in [0.1, 0.15) is 11.1 Å². The molecule has 30 heavy (non-hydrogen) atoms. The van der Waals surface area contributed by atoms with E-state index >= 15 is 0 Å². The van der Waals surface area contributed by atoms with E-state index in [2.05, 4.69) is 9.97 Å². The molecule has 0 aliphatic heterocycles. The molecule has 5 aromatic rings. The van der Waals surface area contributed by atoms with Gasteiger partial charge in [0.15, 0.2) is 10.9 Å². The second-order valence-corrected chi connectivity index (χ2v) is 8.85. The Hall–Kier alpha value is -3.49.